The minimum absolute atomic E-state index is 0.131. The molecule has 1 amide bonds. The van der Waals surface area contributed by atoms with Crippen molar-refractivity contribution in [2.24, 2.45) is 0 Å². The molecule has 0 saturated carbocycles. The van der Waals surface area contributed by atoms with Gasteiger partial charge in [-0.05, 0) is 36.2 Å². The van der Waals surface area contributed by atoms with Crippen LogP contribution in [-0.2, 0) is 17.9 Å². The largest absolute Gasteiger partial charge is 0.486 e. The van der Waals surface area contributed by atoms with Gasteiger partial charge in [0, 0.05) is 19.5 Å². The summed E-state index contributed by atoms with van der Waals surface area (Å²) < 4.78 is 12.5. The van der Waals surface area contributed by atoms with E-state index in [1.54, 1.807) is 6.07 Å². The van der Waals surface area contributed by atoms with Crippen LogP contribution in [0, 0.1) is 6.92 Å². The fourth-order valence-electron chi connectivity index (χ4n) is 3.21. The van der Waals surface area contributed by atoms with Crippen LogP contribution in [0.3, 0.4) is 0 Å². The maximum absolute atomic E-state index is 12.6. The minimum Gasteiger partial charge on any atom is -0.486 e. The van der Waals surface area contributed by atoms with Crippen molar-refractivity contribution in [3.05, 3.63) is 64.2 Å². The summed E-state index contributed by atoms with van der Waals surface area (Å²) in [5, 5.41) is 3.44. The lowest BCUT2D eigenvalue weighted by Crippen LogP contribution is -2.27. The number of rotatable bonds is 5. The molecule has 0 bridgehead atoms. The molecule has 1 aliphatic heterocycles. The van der Waals surface area contributed by atoms with E-state index >= 15 is 0 Å². The van der Waals surface area contributed by atoms with Crippen molar-refractivity contribution in [1.82, 2.24) is 14.9 Å². The Bertz CT molecular complexity index is 1090. The molecule has 0 atom stereocenters. The molecule has 4 rings (SSSR count). The molecule has 3 aromatic rings. The van der Waals surface area contributed by atoms with Crippen molar-refractivity contribution in [1.29, 1.82) is 0 Å². The summed E-state index contributed by atoms with van der Waals surface area (Å²) in [4.78, 5) is 29.1. The summed E-state index contributed by atoms with van der Waals surface area (Å²) in [7, 11) is 0. The van der Waals surface area contributed by atoms with E-state index in [-0.39, 0.29) is 24.4 Å². The van der Waals surface area contributed by atoms with Gasteiger partial charge in [0.05, 0.1) is 17.2 Å². The number of ether oxygens (including phenoxy) is 2. The molecule has 1 aromatic heterocycles. The zero-order valence-corrected chi connectivity index (χ0v) is 15.6. The van der Waals surface area contributed by atoms with Gasteiger partial charge < -0.3 is 14.8 Å². The Morgan fingerprint density at radius 3 is 2.86 bits per heavy atom. The third-order valence-corrected chi connectivity index (χ3v) is 4.73. The van der Waals surface area contributed by atoms with Gasteiger partial charge in [0.25, 0.3) is 5.56 Å². The van der Waals surface area contributed by atoms with E-state index in [1.807, 2.05) is 37.3 Å². The number of aryl methyl sites for hydroxylation is 2. The lowest BCUT2D eigenvalue weighted by atomic mass is 10.1. The van der Waals surface area contributed by atoms with Crippen LogP contribution in [0.1, 0.15) is 17.5 Å². The van der Waals surface area contributed by atoms with Gasteiger partial charge in [0.15, 0.2) is 11.5 Å². The normalized spacial score (nSPS) is 12.8. The Hall–Kier alpha value is -3.35. The molecule has 7 nitrogen and oxygen atoms in total. The average Bonchev–Trinajstić information content (AvgIpc) is 2.72. The monoisotopic (exact) mass is 379 g/mol. The standard InChI is InChI=1S/C21H21N3O4/c1-14-3-2-4-16-20(14)23-13-24(21(16)26)8-7-19(25)22-12-15-5-6-17-18(11-15)28-10-9-27-17/h2-6,11,13H,7-10,12H2,1H3,(H,22,25). The maximum atomic E-state index is 12.6. The molecular formula is C21H21N3O4. The summed E-state index contributed by atoms with van der Waals surface area (Å²) in [6.45, 7) is 3.66. The number of hydrogen-bond acceptors (Lipinski definition) is 5. The second kappa shape index (κ2) is 7.72. The lowest BCUT2D eigenvalue weighted by molar-refractivity contribution is -0.121. The van der Waals surface area contributed by atoms with E-state index in [4.69, 9.17) is 9.47 Å². The van der Waals surface area contributed by atoms with E-state index in [9.17, 15) is 9.59 Å². The smallest absolute Gasteiger partial charge is 0.261 e. The maximum Gasteiger partial charge on any atom is 0.261 e. The van der Waals surface area contributed by atoms with Crippen LogP contribution in [0.5, 0.6) is 11.5 Å². The Balaban J connectivity index is 1.37. The number of aromatic nitrogens is 2. The molecule has 0 unspecified atom stereocenters. The molecule has 0 fully saturated rings. The highest BCUT2D eigenvalue weighted by molar-refractivity contribution is 5.80. The fraction of sp³-hybridized carbons (Fsp3) is 0.286. The van der Waals surface area contributed by atoms with Gasteiger partial charge in [-0.3, -0.25) is 14.2 Å². The van der Waals surface area contributed by atoms with E-state index in [0.717, 1.165) is 16.9 Å². The van der Waals surface area contributed by atoms with Crippen LogP contribution in [-0.4, -0.2) is 28.7 Å². The first-order chi connectivity index (χ1) is 13.6. The third-order valence-electron chi connectivity index (χ3n) is 4.73. The molecule has 2 aromatic carbocycles. The number of fused-ring (bicyclic) bond motifs is 2. The minimum atomic E-state index is -0.133. The zero-order chi connectivity index (χ0) is 19.5. The van der Waals surface area contributed by atoms with Gasteiger partial charge in [-0.25, -0.2) is 4.98 Å². The number of benzene rings is 2. The van der Waals surface area contributed by atoms with Crippen LogP contribution in [0.2, 0.25) is 0 Å². The second-order valence-corrected chi connectivity index (χ2v) is 6.72. The summed E-state index contributed by atoms with van der Waals surface area (Å²) in [6.07, 6.45) is 1.70. The number of nitrogens with one attached hydrogen (secondary N) is 1. The number of carbonyl (C=O) groups excluding carboxylic acids is 1. The van der Waals surface area contributed by atoms with E-state index < -0.39 is 0 Å². The number of para-hydroxylation sites is 1. The van der Waals surface area contributed by atoms with Gasteiger partial charge in [0.2, 0.25) is 5.91 Å². The Morgan fingerprint density at radius 2 is 2.00 bits per heavy atom. The van der Waals surface area contributed by atoms with Crippen molar-refractivity contribution < 1.29 is 14.3 Å². The van der Waals surface area contributed by atoms with Crippen molar-refractivity contribution in [2.45, 2.75) is 26.4 Å². The first kappa shape index (κ1) is 18.0. The first-order valence-corrected chi connectivity index (χ1v) is 9.22. The summed E-state index contributed by atoms with van der Waals surface area (Å²) in [5.41, 5.74) is 2.46. The van der Waals surface area contributed by atoms with Crippen molar-refractivity contribution in [3.8, 4) is 11.5 Å². The van der Waals surface area contributed by atoms with Crippen LogP contribution < -0.4 is 20.3 Å². The molecule has 7 heteroatoms. The molecule has 0 saturated heterocycles. The van der Waals surface area contributed by atoms with Crippen LogP contribution in [0.15, 0.2) is 47.5 Å². The summed E-state index contributed by atoms with van der Waals surface area (Å²) in [6, 6.07) is 11.1. The molecule has 144 valence electrons. The molecule has 0 spiro atoms. The van der Waals surface area contributed by atoms with Crippen LogP contribution in [0.25, 0.3) is 10.9 Å². The van der Waals surface area contributed by atoms with Gasteiger partial charge in [-0.2, -0.15) is 0 Å². The van der Waals surface area contributed by atoms with Crippen molar-refractivity contribution in [3.63, 3.8) is 0 Å². The van der Waals surface area contributed by atoms with Gasteiger partial charge in [-0.15, -0.1) is 0 Å². The fourth-order valence-corrected chi connectivity index (χ4v) is 3.21. The quantitative estimate of drug-likeness (QED) is 0.735. The molecule has 2 heterocycles. The first-order valence-electron chi connectivity index (χ1n) is 9.22. The molecule has 1 aliphatic rings. The highest BCUT2D eigenvalue weighted by Gasteiger charge is 2.12. The Morgan fingerprint density at radius 1 is 1.18 bits per heavy atom. The van der Waals surface area contributed by atoms with Crippen LogP contribution in [0.4, 0.5) is 0 Å². The zero-order valence-electron chi connectivity index (χ0n) is 15.6. The predicted molar refractivity (Wildman–Crippen MR) is 105 cm³/mol. The number of nitrogens with zero attached hydrogens (tertiary/aromatic N) is 2. The molecule has 0 aliphatic carbocycles. The molecule has 28 heavy (non-hydrogen) atoms. The topological polar surface area (TPSA) is 82.5 Å². The van der Waals surface area contributed by atoms with Crippen LogP contribution >= 0.6 is 0 Å². The number of amides is 1. The molecule has 0 radical (unpaired) electrons. The van der Waals surface area contributed by atoms with Crippen molar-refractivity contribution in [2.75, 3.05) is 13.2 Å². The molecule has 1 N–H and O–H groups in total. The third kappa shape index (κ3) is 3.69. The number of carbonyl (C=O) groups is 1. The van der Waals surface area contributed by atoms with Gasteiger partial charge >= 0.3 is 0 Å². The average molecular weight is 379 g/mol. The lowest BCUT2D eigenvalue weighted by Gasteiger charge is -2.19. The SMILES string of the molecule is Cc1cccc2c(=O)n(CCC(=O)NCc3ccc4c(c3)OCCO4)cnc12. The number of hydrogen-bond donors (Lipinski definition) is 1. The van der Waals surface area contributed by atoms with Gasteiger partial charge in [0.1, 0.15) is 13.2 Å². The van der Waals surface area contributed by atoms with E-state index in [1.165, 1.54) is 10.9 Å². The van der Waals surface area contributed by atoms with E-state index in [2.05, 4.69) is 10.3 Å². The van der Waals surface area contributed by atoms with E-state index in [0.29, 0.717) is 36.4 Å². The second-order valence-electron chi connectivity index (χ2n) is 6.72. The Labute approximate surface area is 161 Å². The highest BCUT2D eigenvalue weighted by atomic mass is 16.6. The molecular weight excluding hydrogens is 358 g/mol. The summed E-state index contributed by atoms with van der Waals surface area (Å²) >= 11 is 0. The van der Waals surface area contributed by atoms with Gasteiger partial charge in [-0.1, -0.05) is 18.2 Å². The predicted octanol–water partition coefficient (Wildman–Crippen LogP) is 2.18. The highest BCUT2D eigenvalue weighted by Crippen LogP contribution is 2.30. The van der Waals surface area contributed by atoms with Crippen molar-refractivity contribution >= 4 is 16.8 Å². The Kier molecular flexibility index (Phi) is 4.97. The summed E-state index contributed by atoms with van der Waals surface area (Å²) in [5.74, 6) is 1.29.